The van der Waals surface area contributed by atoms with Gasteiger partial charge in [0.2, 0.25) is 0 Å². The third-order valence-electron chi connectivity index (χ3n) is 5.93. The number of carbonyl (C=O) groups excluding carboxylic acids is 3. The molecule has 2 N–H and O–H groups in total. The Kier molecular flexibility index (Phi) is 8.55. The normalized spacial score (nSPS) is 11.4. The fourth-order valence-corrected chi connectivity index (χ4v) is 4.24. The monoisotopic (exact) mass is 588 g/mol. The van der Waals surface area contributed by atoms with Crippen molar-refractivity contribution in [3.63, 3.8) is 0 Å². The average molecular weight is 589 g/mol. The Labute approximate surface area is 237 Å². The molecule has 0 fully saturated rings. The first-order chi connectivity index (χ1) is 19.3. The molecule has 0 saturated heterocycles. The summed E-state index contributed by atoms with van der Waals surface area (Å²) in [5.74, 6) is -0.888. The summed E-state index contributed by atoms with van der Waals surface area (Å²) in [5.41, 5.74) is 1.05. The second-order valence-corrected chi connectivity index (χ2v) is 9.70. The lowest BCUT2D eigenvalue weighted by Gasteiger charge is -2.11. The highest BCUT2D eigenvalue weighted by Gasteiger charge is 2.30. The van der Waals surface area contributed by atoms with Gasteiger partial charge in [-0.2, -0.15) is 13.2 Å². The van der Waals surface area contributed by atoms with Gasteiger partial charge in [-0.05, 0) is 81.2 Å². The molecule has 1 heterocycles. The van der Waals surface area contributed by atoms with E-state index in [0.29, 0.717) is 17.0 Å². The van der Waals surface area contributed by atoms with Gasteiger partial charge in [-0.15, -0.1) is 0 Å². The number of halogens is 4. The fraction of sp³-hybridized carbons (Fsp3) is 0.179. The van der Waals surface area contributed by atoms with Gasteiger partial charge in [0.05, 0.1) is 28.0 Å². The average Bonchev–Trinajstić information content (AvgIpc) is 3.17. The topological polar surface area (TPSA) is 102 Å². The van der Waals surface area contributed by atoms with Crippen molar-refractivity contribution in [1.82, 2.24) is 9.47 Å². The first kappa shape index (κ1) is 29.4. The number of urea groups is 1. The van der Waals surface area contributed by atoms with Gasteiger partial charge in [0, 0.05) is 22.6 Å². The Morgan fingerprint density at radius 3 is 2.20 bits per heavy atom. The smallest absolute Gasteiger partial charge is 0.308 e. The van der Waals surface area contributed by atoms with E-state index in [1.165, 1.54) is 25.1 Å². The number of amides is 2. The van der Waals surface area contributed by atoms with E-state index >= 15 is 0 Å². The zero-order valence-electron chi connectivity index (χ0n) is 22.0. The summed E-state index contributed by atoms with van der Waals surface area (Å²) in [5, 5.41) is 5.69. The van der Waals surface area contributed by atoms with Crippen molar-refractivity contribution in [2.75, 3.05) is 24.7 Å². The third kappa shape index (κ3) is 6.97. The fourth-order valence-electron chi connectivity index (χ4n) is 4.07. The van der Waals surface area contributed by atoms with Crippen LogP contribution in [-0.4, -0.2) is 41.7 Å². The summed E-state index contributed by atoms with van der Waals surface area (Å²) in [6, 6.07) is 14.2. The highest BCUT2D eigenvalue weighted by atomic mass is 35.5. The van der Waals surface area contributed by atoms with Crippen LogP contribution in [0.25, 0.3) is 10.9 Å². The van der Waals surface area contributed by atoms with Gasteiger partial charge in [-0.1, -0.05) is 23.7 Å². The molecular formula is C28H24ClF3N4O5. The highest BCUT2D eigenvalue weighted by Crippen LogP contribution is 2.34. The minimum atomic E-state index is -4.52. The van der Waals surface area contributed by atoms with Gasteiger partial charge in [0.1, 0.15) is 0 Å². The second-order valence-electron chi connectivity index (χ2n) is 9.27. The standard InChI is InChI=1S/C28H24ClF3N4O5/c1-16-24(34-26(38)33-21-11-8-19(9-12-21)28(30,31)32)22-14-20(29)10-13-23(22)36(16)27(39)41-40-25(37)18-6-4-17(5-7-18)15-35(2)3/h4-14H,15H2,1-3H3,(H2,33,34,38). The summed E-state index contributed by atoms with van der Waals surface area (Å²) in [6.45, 7) is 2.18. The van der Waals surface area contributed by atoms with Crippen LogP contribution in [0, 0.1) is 6.92 Å². The highest BCUT2D eigenvalue weighted by molar-refractivity contribution is 6.31. The molecule has 9 nitrogen and oxygen atoms in total. The molecule has 13 heteroatoms. The molecule has 41 heavy (non-hydrogen) atoms. The maximum atomic E-state index is 13.0. The summed E-state index contributed by atoms with van der Waals surface area (Å²) in [7, 11) is 3.82. The molecule has 4 rings (SSSR count). The molecule has 0 aliphatic heterocycles. The molecule has 0 spiro atoms. The number of nitrogens with one attached hydrogen (secondary N) is 2. The lowest BCUT2D eigenvalue weighted by Crippen LogP contribution is -2.21. The number of fused-ring (bicyclic) bond motifs is 1. The van der Waals surface area contributed by atoms with Gasteiger partial charge < -0.3 is 15.5 Å². The van der Waals surface area contributed by atoms with E-state index in [9.17, 15) is 27.6 Å². The largest absolute Gasteiger partial charge is 0.461 e. The summed E-state index contributed by atoms with van der Waals surface area (Å²) in [4.78, 5) is 49.7. The summed E-state index contributed by atoms with van der Waals surface area (Å²) in [6.07, 6.45) is -5.58. The van der Waals surface area contributed by atoms with Gasteiger partial charge in [0.15, 0.2) is 0 Å². The maximum Gasteiger partial charge on any atom is 0.461 e. The Morgan fingerprint density at radius 2 is 1.59 bits per heavy atom. The van der Waals surface area contributed by atoms with Crippen molar-refractivity contribution in [3.05, 3.63) is 94.1 Å². The van der Waals surface area contributed by atoms with Crippen molar-refractivity contribution < 1.29 is 37.3 Å². The van der Waals surface area contributed by atoms with Crippen molar-refractivity contribution in [2.24, 2.45) is 0 Å². The van der Waals surface area contributed by atoms with Crippen LogP contribution in [0.4, 0.5) is 34.1 Å². The first-order valence-corrected chi connectivity index (χ1v) is 12.4. The molecule has 2 amide bonds. The lowest BCUT2D eigenvalue weighted by molar-refractivity contribution is -0.182. The maximum absolute atomic E-state index is 13.0. The summed E-state index contributed by atoms with van der Waals surface area (Å²) >= 11 is 6.14. The molecule has 4 aromatic rings. The van der Waals surface area contributed by atoms with Gasteiger partial charge >= 0.3 is 24.3 Å². The molecule has 0 aliphatic carbocycles. The number of hydrogen-bond donors (Lipinski definition) is 2. The minimum Gasteiger partial charge on any atom is -0.308 e. The minimum absolute atomic E-state index is 0.107. The number of benzene rings is 3. The quantitative estimate of drug-likeness (QED) is 0.191. The zero-order chi connectivity index (χ0) is 29.9. The molecular weight excluding hydrogens is 565 g/mol. The molecule has 0 bridgehead atoms. The molecule has 214 valence electrons. The second kappa shape index (κ2) is 11.9. The van der Waals surface area contributed by atoms with Crippen molar-refractivity contribution in [3.8, 4) is 0 Å². The van der Waals surface area contributed by atoms with E-state index in [4.69, 9.17) is 21.4 Å². The van der Waals surface area contributed by atoms with E-state index in [1.807, 2.05) is 19.0 Å². The van der Waals surface area contributed by atoms with Crippen LogP contribution < -0.4 is 10.6 Å². The van der Waals surface area contributed by atoms with Gasteiger partial charge in [-0.3, -0.25) is 0 Å². The van der Waals surface area contributed by atoms with Crippen LogP contribution in [0.3, 0.4) is 0 Å². The van der Waals surface area contributed by atoms with Crippen LogP contribution >= 0.6 is 11.6 Å². The van der Waals surface area contributed by atoms with Crippen molar-refractivity contribution >= 4 is 52.0 Å². The Balaban J connectivity index is 1.50. The number of hydrogen-bond acceptors (Lipinski definition) is 6. The number of aromatic nitrogens is 1. The van der Waals surface area contributed by atoms with Crippen LogP contribution in [-0.2, 0) is 22.5 Å². The van der Waals surface area contributed by atoms with Crippen LogP contribution in [0.1, 0.15) is 27.2 Å². The predicted molar refractivity (Wildman–Crippen MR) is 147 cm³/mol. The van der Waals surface area contributed by atoms with Crippen molar-refractivity contribution in [1.29, 1.82) is 0 Å². The van der Waals surface area contributed by atoms with E-state index in [1.54, 1.807) is 24.3 Å². The zero-order valence-corrected chi connectivity index (χ0v) is 22.8. The Morgan fingerprint density at radius 1 is 0.927 bits per heavy atom. The number of rotatable bonds is 5. The Hall–Kier alpha value is -4.55. The third-order valence-corrected chi connectivity index (χ3v) is 6.17. The van der Waals surface area contributed by atoms with Crippen LogP contribution in [0.5, 0.6) is 0 Å². The molecule has 1 aromatic heterocycles. The predicted octanol–water partition coefficient (Wildman–Crippen LogP) is 7.08. The molecule has 0 atom stereocenters. The van der Waals surface area contributed by atoms with Gasteiger partial charge in [-0.25, -0.2) is 28.7 Å². The number of alkyl halides is 3. The molecule has 3 aromatic carbocycles. The van der Waals surface area contributed by atoms with Crippen LogP contribution in [0.15, 0.2) is 66.7 Å². The summed E-state index contributed by atoms with van der Waals surface area (Å²) < 4.78 is 39.5. The van der Waals surface area contributed by atoms with E-state index < -0.39 is 29.8 Å². The first-order valence-electron chi connectivity index (χ1n) is 12.1. The SMILES string of the molecule is Cc1c(NC(=O)Nc2ccc(C(F)(F)F)cc2)c2cc(Cl)ccc2n1C(=O)OOC(=O)c1ccc(CN(C)C)cc1. The molecule has 0 radical (unpaired) electrons. The lowest BCUT2D eigenvalue weighted by atomic mass is 10.1. The number of anilines is 2. The molecule has 0 saturated carbocycles. The van der Waals surface area contributed by atoms with E-state index in [2.05, 4.69) is 10.6 Å². The van der Waals surface area contributed by atoms with Crippen LogP contribution in [0.2, 0.25) is 5.02 Å². The molecule has 0 aliphatic rings. The Bertz CT molecular complexity index is 1600. The van der Waals surface area contributed by atoms with E-state index in [-0.39, 0.29) is 28.1 Å². The van der Waals surface area contributed by atoms with Crippen molar-refractivity contribution in [2.45, 2.75) is 19.6 Å². The van der Waals surface area contributed by atoms with E-state index in [0.717, 1.165) is 34.4 Å². The number of carbonyl (C=O) groups is 3. The number of nitrogens with zero attached hydrogens (tertiary/aromatic N) is 2. The van der Waals surface area contributed by atoms with Gasteiger partial charge in [0.25, 0.3) is 0 Å². The molecule has 0 unspecified atom stereocenters.